The number of carbonyl (C=O) groups excluding carboxylic acids is 2. The number of urea groups is 1. The number of hydrogen-bond acceptors (Lipinski definition) is 5. The van der Waals surface area contributed by atoms with Gasteiger partial charge in [-0.05, 0) is 18.4 Å². The molecule has 2 fully saturated rings. The van der Waals surface area contributed by atoms with E-state index in [9.17, 15) is 9.59 Å². The topological polar surface area (TPSA) is 110 Å². The van der Waals surface area contributed by atoms with Crippen molar-refractivity contribution in [2.75, 3.05) is 26.2 Å². The van der Waals surface area contributed by atoms with Crippen LogP contribution in [0.4, 0.5) is 4.79 Å². The quantitative estimate of drug-likeness (QED) is 0.791. The number of carbonyl (C=O) groups is 2. The molecule has 3 rings (SSSR count). The molecule has 2 saturated heterocycles. The van der Waals surface area contributed by atoms with E-state index in [4.69, 9.17) is 10.5 Å². The molecule has 0 bridgehead atoms. The Morgan fingerprint density at radius 3 is 3.05 bits per heavy atom. The van der Waals surface area contributed by atoms with E-state index in [0.29, 0.717) is 37.7 Å². The molecule has 3 amide bonds. The van der Waals surface area contributed by atoms with Crippen LogP contribution in [-0.2, 0) is 4.74 Å². The van der Waals surface area contributed by atoms with Gasteiger partial charge >= 0.3 is 6.03 Å². The van der Waals surface area contributed by atoms with Crippen molar-refractivity contribution in [1.82, 2.24) is 20.4 Å². The molecule has 3 atom stereocenters. The molecule has 0 saturated carbocycles. The van der Waals surface area contributed by atoms with Crippen molar-refractivity contribution in [3.8, 4) is 0 Å². The lowest BCUT2D eigenvalue weighted by Gasteiger charge is -2.35. The van der Waals surface area contributed by atoms with Gasteiger partial charge in [0, 0.05) is 25.6 Å². The van der Waals surface area contributed by atoms with Gasteiger partial charge in [-0.1, -0.05) is 0 Å². The van der Waals surface area contributed by atoms with Gasteiger partial charge in [-0.15, -0.1) is 0 Å². The predicted octanol–water partition coefficient (Wildman–Crippen LogP) is -0.378. The molecule has 0 unspecified atom stereocenters. The summed E-state index contributed by atoms with van der Waals surface area (Å²) in [6.07, 6.45) is 3.70. The second-order valence-corrected chi connectivity index (χ2v) is 5.71. The molecule has 1 aromatic heterocycles. The van der Waals surface area contributed by atoms with Gasteiger partial charge in [0.1, 0.15) is 0 Å². The number of nitrogens with two attached hydrogens (primary N) is 1. The zero-order valence-corrected chi connectivity index (χ0v) is 12.1. The standard InChI is InChI=1S/C14H19N5O3/c15-14(21)19-4-2-10-8-22-12(11(10)7-19)6-16-13(20)9-1-3-17-18-5-9/h1,3,5,10-12H,2,4,6-8H2,(H2,15,21)(H,16,20)/t10-,11-,12+/m0/s1. The summed E-state index contributed by atoms with van der Waals surface area (Å²) in [5.41, 5.74) is 5.82. The number of aromatic nitrogens is 2. The molecule has 0 aromatic carbocycles. The highest BCUT2D eigenvalue weighted by Crippen LogP contribution is 2.33. The SMILES string of the molecule is NC(=O)N1CC[C@H]2CO[C@H](CNC(=O)c3ccnnc3)[C@H]2C1. The minimum Gasteiger partial charge on any atom is -0.376 e. The Morgan fingerprint density at radius 2 is 2.32 bits per heavy atom. The Kier molecular flexibility index (Phi) is 4.19. The minimum atomic E-state index is -0.393. The van der Waals surface area contributed by atoms with E-state index in [0.717, 1.165) is 6.42 Å². The molecule has 0 spiro atoms. The summed E-state index contributed by atoms with van der Waals surface area (Å²) < 4.78 is 5.79. The lowest BCUT2D eigenvalue weighted by atomic mass is 9.84. The summed E-state index contributed by atoms with van der Waals surface area (Å²) in [5.74, 6) is 0.446. The van der Waals surface area contributed by atoms with Gasteiger partial charge in [-0.2, -0.15) is 10.2 Å². The minimum absolute atomic E-state index is 0.0918. The summed E-state index contributed by atoms with van der Waals surface area (Å²) in [6, 6.07) is 1.21. The van der Waals surface area contributed by atoms with Crippen molar-refractivity contribution in [3.63, 3.8) is 0 Å². The van der Waals surface area contributed by atoms with Gasteiger partial charge in [0.25, 0.3) is 5.91 Å². The van der Waals surface area contributed by atoms with Crippen LogP contribution in [0.15, 0.2) is 18.5 Å². The Labute approximate surface area is 128 Å². The zero-order chi connectivity index (χ0) is 15.5. The molecule has 3 N–H and O–H groups in total. The largest absolute Gasteiger partial charge is 0.376 e. The van der Waals surface area contributed by atoms with Crippen LogP contribution in [0.3, 0.4) is 0 Å². The highest BCUT2D eigenvalue weighted by molar-refractivity contribution is 5.93. The van der Waals surface area contributed by atoms with Crippen molar-refractivity contribution in [2.45, 2.75) is 12.5 Å². The van der Waals surface area contributed by atoms with E-state index in [1.165, 1.54) is 12.4 Å². The van der Waals surface area contributed by atoms with Gasteiger partial charge in [-0.3, -0.25) is 4.79 Å². The number of nitrogens with one attached hydrogen (secondary N) is 1. The van der Waals surface area contributed by atoms with E-state index in [-0.39, 0.29) is 17.9 Å². The Morgan fingerprint density at radius 1 is 1.45 bits per heavy atom. The molecule has 0 radical (unpaired) electrons. The molecule has 2 aliphatic rings. The molecule has 22 heavy (non-hydrogen) atoms. The van der Waals surface area contributed by atoms with E-state index in [1.807, 2.05) is 0 Å². The van der Waals surface area contributed by atoms with Crippen molar-refractivity contribution >= 4 is 11.9 Å². The van der Waals surface area contributed by atoms with E-state index in [2.05, 4.69) is 15.5 Å². The van der Waals surface area contributed by atoms with Crippen LogP contribution in [0.25, 0.3) is 0 Å². The summed E-state index contributed by atoms with van der Waals surface area (Å²) >= 11 is 0. The zero-order valence-electron chi connectivity index (χ0n) is 12.1. The number of piperidine rings is 1. The van der Waals surface area contributed by atoms with Gasteiger partial charge in [0.2, 0.25) is 0 Å². The molecule has 8 nitrogen and oxygen atoms in total. The molecular weight excluding hydrogens is 286 g/mol. The summed E-state index contributed by atoms with van der Waals surface area (Å²) in [4.78, 5) is 25.0. The van der Waals surface area contributed by atoms with Crippen molar-refractivity contribution in [3.05, 3.63) is 24.0 Å². The van der Waals surface area contributed by atoms with E-state index < -0.39 is 6.03 Å². The highest BCUT2D eigenvalue weighted by atomic mass is 16.5. The lowest BCUT2D eigenvalue weighted by molar-refractivity contribution is 0.0726. The first-order chi connectivity index (χ1) is 10.6. The monoisotopic (exact) mass is 305 g/mol. The third-order valence-electron chi connectivity index (χ3n) is 4.43. The predicted molar refractivity (Wildman–Crippen MR) is 76.9 cm³/mol. The van der Waals surface area contributed by atoms with Gasteiger partial charge in [0.05, 0.1) is 30.7 Å². The average molecular weight is 305 g/mol. The van der Waals surface area contributed by atoms with Crippen molar-refractivity contribution in [2.24, 2.45) is 17.6 Å². The van der Waals surface area contributed by atoms with Crippen LogP contribution in [0.5, 0.6) is 0 Å². The number of likely N-dealkylation sites (tertiary alicyclic amines) is 1. The summed E-state index contributed by atoms with van der Waals surface area (Å²) in [7, 11) is 0. The second-order valence-electron chi connectivity index (χ2n) is 5.71. The van der Waals surface area contributed by atoms with Crippen LogP contribution >= 0.6 is 0 Å². The number of hydrogen-bond donors (Lipinski definition) is 2. The molecule has 118 valence electrons. The van der Waals surface area contributed by atoms with Crippen LogP contribution in [0.1, 0.15) is 16.8 Å². The Bertz CT molecular complexity index is 553. The van der Waals surface area contributed by atoms with Crippen LogP contribution in [-0.4, -0.2) is 59.4 Å². The number of primary amides is 1. The number of nitrogens with zero attached hydrogens (tertiary/aromatic N) is 3. The number of ether oxygens (including phenoxy) is 1. The third-order valence-corrected chi connectivity index (χ3v) is 4.43. The maximum absolute atomic E-state index is 12.0. The molecule has 1 aromatic rings. The molecular formula is C14H19N5O3. The first-order valence-electron chi connectivity index (χ1n) is 7.36. The van der Waals surface area contributed by atoms with E-state index >= 15 is 0 Å². The van der Waals surface area contributed by atoms with Gasteiger partial charge in [-0.25, -0.2) is 4.79 Å². The normalized spacial score (nSPS) is 27.3. The smallest absolute Gasteiger partial charge is 0.314 e. The van der Waals surface area contributed by atoms with Crippen molar-refractivity contribution in [1.29, 1.82) is 0 Å². The molecule has 3 heterocycles. The van der Waals surface area contributed by atoms with Crippen LogP contribution in [0.2, 0.25) is 0 Å². The second kappa shape index (κ2) is 6.27. The molecule has 2 aliphatic heterocycles. The fourth-order valence-electron chi connectivity index (χ4n) is 3.16. The Balaban J connectivity index is 1.56. The molecule has 0 aliphatic carbocycles. The number of amides is 3. The Hall–Kier alpha value is -2.22. The molecule has 8 heteroatoms. The van der Waals surface area contributed by atoms with Crippen molar-refractivity contribution < 1.29 is 14.3 Å². The first kappa shape index (κ1) is 14.7. The number of rotatable bonds is 3. The average Bonchev–Trinajstić information content (AvgIpc) is 2.95. The highest BCUT2D eigenvalue weighted by Gasteiger charge is 2.41. The summed E-state index contributed by atoms with van der Waals surface area (Å²) in [6.45, 7) is 2.36. The lowest BCUT2D eigenvalue weighted by Crippen LogP contribution is -2.49. The van der Waals surface area contributed by atoms with Crippen LogP contribution in [0, 0.1) is 11.8 Å². The van der Waals surface area contributed by atoms with Gasteiger partial charge < -0.3 is 20.7 Å². The maximum Gasteiger partial charge on any atom is 0.314 e. The maximum atomic E-state index is 12.0. The van der Waals surface area contributed by atoms with Gasteiger partial charge in [0.15, 0.2) is 0 Å². The first-order valence-corrected chi connectivity index (χ1v) is 7.36. The van der Waals surface area contributed by atoms with Crippen LogP contribution < -0.4 is 11.1 Å². The third kappa shape index (κ3) is 3.01. The van der Waals surface area contributed by atoms with E-state index in [1.54, 1.807) is 11.0 Å². The fraction of sp³-hybridized carbons (Fsp3) is 0.571. The fourth-order valence-corrected chi connectivity index (χ4v) is 3.16. The number of fused-ring (bicyclic) bond motifs is 1. The summed E-state index contributed by atoms with van der Waals surface area (Å²) in [5, 5.41) is 10.2.